The van der Waals surface area contributed by atoms with Crippen LogP contribution in [0.2, 0.25) is 0 Å². The van der Waals surface area contributed by atoms with Gasteiger partial charge in [-0.3, -0.25) is 0 Å². The SMILES string of the molecule is CCCCOc1ccc2c3c4ccc2c1CNC(=S)NCc1c(OCCCC)ccc2c5c(ccc12)OC1CC5c2c(ccc5c(c(OCCCC)ccc25)CNC(=S)NCc2c(OCCCC)ccc5c6c(ccc25)OC(CC36)O4)O1. The third kappa shape index (κ3) is 10.0. The quantitative estimate of drug-likeness (QED) is 0.0542. The van der Waals surface area contributed by atoms with Crippen molar-refractivity contribution in [3.05, 3.63) is 142 Å². The van der Waals surface area contributed by atoms with Gasteiger partial charge in [0, 0.05) is 95.4 Å². The van der Waals surface area contributed by atoms with Crippen LogP contribution < -0.4 is 59.2 Å². The predicted molar refractivity (Wildman–Crippen MR) is 333 cm³/mol. The van der Waals surface area contributed by atoms with Crippen molar-refractivity contribution in [1.82, 2.24) is 21.3 Å². The molecule has 82 heavy (non-hydrogen) atoms. The second-order valence-corrected chi connectivity index (χ2v) is 23.1. The smallest absolute Gasteiger partial charge is 0.242 e. The highest BCUT2D eigenvalue weighted by atomic mass is 32.1. The summed E-state index contributed by atoms with van der Waals surface area (Å²) < 4.78 is 53.3. The molecule has 0 saturated heterocycles. The number of unbranched alkanes of at least 4 members (excludes halogenated alkanes) is 4. The zero-order valence-corrected chi connectivity index (χ0v) is 49.0. The molecular formula is C68H72N4O8S2. The molecule has 0 unspecified atom stereocenters. The fourth-order valence-electron chi connectivity index (χ4n) is 13.0. The Labute approximate surface area is 490 Å². The van der Waals surface area contributed by atoms with Crippen molar-refractivity contribution in [3.63, 3.8) is 0 Å². The van der Waals surface area contributed by atoms with Gasteiger partial charge in [0.1, 0.15) is 46.0 Å². The third-order valence-electron chi connectivity index (χ3n) is 17.1. The molecule has 20 bridgehead atoms. The average molecular weight is 1140 g/mol. The Kier molecular flexibility index (Phi) is 15.4. The highest BCUT2D eigenvalue weighted by Crippen LogP contribution is 2.55. The van der Waals surface area contributed by atoms with E-state index < -0.39 is 12.6 Å². The van der Waals surface area contributed by atoms with Crippen LogP contribution in [0.15, 0.2) is 97.1 Å². The summed E-state index contributed by atoms with van der Waals surface area (Å²) in [5.74, 6) is 6.55. The first-order valence-corrected chi connectivity index (χ1v) is 30.7. The Morgan fingerprint density at radius 3 is 0.841 bits per heavy atom. The van der Waals surface area contributed by atoms with Gasteiger partial charge in [0.25, 0.3) is 0 Å². The highest BCUT2D eigenvalue weighted by Gasteiger charge is 2.41. The predicted octanol–water partition coefficient (Wildman–Crippen LogP) is 14.9. The lowest BCUT2D eigenvalue weighted by Crippen LogP contribution is -2.36. The Bertz CT molecular complexity index is 3310. The minimum absolute atomic E-state index is 0.0301. The van der Waals surface area contributed by atoms with Gasteiger partial charge in [-0.05, 0) is 142 Å². The summed E-state index contributed by atoms with van der Waals surface area (Å²) in [6.45, 7) is 12.9. The van der Waals surface area contributed by atoms with Gasteiger partial charge in [-0.1, -0.05) is 102 Å². The van der Waals surface area contributed by atoms with Gasteiger partial charge in [0.05, 0.1) is 26.4 Å². The summed E-state index contributed by atoms with van der Waals surface area (Å²) in [4.78, 5) is 0. The molecule has 5 aliphatic heterocycles. The minimum Gasteiger partial charge on any atom is -0.493 e. The zero-order chi connectivity index (χ0) is 55.8. The molecule has 12 nitrogen and oxygen atoms in total. The van der Waals surface area contributed by atoms with E-state index in [1.807, 2.05) is 0 Å². The van der Waals surface area contributed by atoms with Crippen LogP contribution in [0.5, 0.6) is 46.0 Å². The molecule has 13 rings (SSSR count). The number of benzene rings is 8. The molecular weight excluding hydrogens is 1060 g/mol. The molecule has 0 aliphatic carbocycles. The third-order valence-corrected chi connectivity index (χ3v) is 17.7. The summed E-state index contributed by atoms with van der Waals surface area (Å²) >= 11 is 12.4. The van der Waals surface area contributed by atoms with E-state index in [0.29, 0.717) is 75.7 Å². The first-order valence-electron chi connectivity index (χ1n) is 29.9. The van der Waals surface area contributed by atoms with Crippen LogP contribution in [-0.2, 0) is 26.2 Å². The van der Waals surface area contributed by atoms with Crippen LogP contribution in [0.25, 0.3) is 43.1 Å². The number of thiocarbonyl (C=S) groups is 2. The number of hydrogen-bond acceptors (Lipinski definition) is 10. The summed E-state index contributed by atoms with van der Waals surface area (Å²) in [5.41, 5.74) is 8.68. The molecule has 0 fully saturated rings. The number of fused-ring (bicyclic) bond motifs is 2. The number of ether oxygens (including phenoxy) is 8. The molecule has 0 spiro atoms. The molecule has 0 aromatic heterocycles. The van der Waals surface area contributed by atoms with Crippen LogP contribution >= 0.6 is 24.4 Å². The maximum absolute atomic E-state index is 6.70. The Hall–Kier alpha value is -7.42. The standard InChI is InChI=1S/C68H72N4O8S2/c1-5-9-29-73-53-21-17-43-39-13-25-57-63(43)47-33-61(77-57)78-58-26-14-40-44(64(47)58)18-22-55(75-31-11-7-3)51(40)37-71-68(82)72-38-52-42-16-28-60-66(46(42)20-24-56(52)76-32-12-8-4)48-34-62(80-60)79-59-27-15-41-45(65(48)59)19-23-54(74-30-10-6-2)50(41)36-70-67(81)69-35-49(39)53/h13-28,47-48,61-62H,5-12,29-38H2,1-4H3,(H2,69,70,81)(H2,71,72,82). The summed E-state index contributed by atoms with van der Waals surface area (Å²) in [5, 5.41) is 24.3. The fourth-order valence-corrected chi connectivity index (χ4v) is 13.3. The van der Waals surface area contributed by atoms with Crippen molar-refractivity contribution in [1.29, 1.82) is 0 Å². The van der Waals surface area contributed by atoms with Crippen molar-refractivity contribution >= 4 is 77.8 Å². The minimum atomic E-state index is -0.429. The molecule has 0 saturated carbocycles. The molecule has 8 aromatic rings. The largest absolute Gasteiger partial charge is 0.493 e. The number of rotatable bonds is 16. The van der Waals surface area contributed by atoms with Crippen LogP contribution in [0.3, 0.4) is 0 Å². The Morgan fingerprint density at radius 2 is 0.598 bits per heavy atom. The monoisotopic (exact) mass is 1140 g/mol. The van der Waals surface area contributed by atoms with Crippen molar-refractivity contribution in [2.75, 3.05) is 26.4 Å². The second kappa shape index (κ2) is 23.4. The van der Waals surface area contributed by atoms with Gasteiger partial charge in [-0.15, -0.1) is 0 Å². The molecule has 14 heteroatoms. The lowest BCUT2D eigenvalue weighted by atomic mass is 9.78. The fraction of sp³-hybridized carbons (Fsp3) is 0.382. The molecule has 8 aromatic carbocycles. The molecule has 0 radical (unpaired) electrons. The lowest BCUT2D eigenvalue weighted by molar-refractivity contribution is -0.0259. The van der Waals surface area contributed by atoms with E-state index >= 15 is 0 Å². The van der Waals surface area contributed by atoms with Crippen molar-refractivity contribution in [2.24, 2.45) is 0 Å². The molecule has 4 N–H and O–H groups in total. The summed E-state index contributed by atoms with van der Waals surface area (Å²) in [6.07, 6.45) is 8.34. The molecule has 0 atom stereocenters. The zero-order valence-electron chi connectivity index (χ0n) is 47.4. The number of nitrogens with one attached hydrogen (secondary N) is 4. The van der Waals surface area contributed by atoms with E-state index in [1.165, 1.54) is 0 Å². The van der Waals surface area contributed by atoms with Crippen LogP contribution in [0, 0.1) is 0 Å². The molecule has 0 amide bonds. The van der Waals surface area contributed by atoms with Gasteiger partial charge < -0.3 is 59.2 Å². The van der Waals surface area contributed by atoms with E-state index in [-0.39, 0.29) is 11.8 Å². The summed E-state index contributed by atoms with van der Waals surface area (Å²) in [7, 11) is 0. The van der Waals surface area contributed by atoms with Crippen molar-refractivity contribution in [2.45, 2.75) is 142 Å². The van der Waals surface area contributed by atoms with Gasteiger partial charge in [0.2, 0.25) is 12.6 Å². The number of hydrogen-bond donors (Lipinski definition) is 4. The van der Waals surface area contributed by atoms with E-state index in [4.69, 9.17) is 62.3 Å². The van der Waals surface area contributed by atoms with Crippen molar-refractivity contribution in [3.8, 4) is 46.0 Å². The lowest BCUT2D eigenvalue weighted by Gasteiger charge is -2.39. The van der Waals surface area contributed by atoms with E-state index in [9.17, 15) is 0 Å². The normalized spacial score (nSPS) is 18.6. The van der Waals surface area contributed by atoms with Gasteiger partial charge in [-0.2, -0.15) is 0 Å². The van der Waals surface area contributed by atoms with Gasteiger partial charge >= 0.3 is 0 Å². The summed E-state index contributed by atoms with van der Waals surface area (Å²) in [6, 6.07) is 34.5. The van der Waals surface area contributed by atoms with Gasteiger partial charge in [-0.25, -0.2) is 0 Å². The highest BCUT2D eigenvalue weighted by molar-refractivity contribution is 7.80. The Morgan fingerprint density at radius 1 is 0.354 bits per heavy atom. The first-order chi connectivity index (χ1) is 40.3. The van der Waals surface area contributed by atoms with E-state index in [0.717, 1.165) is 185 Å². The maximum Gasteiger partial charge on any atom is 0.242 e. The topological polar surface area (TPSA) is 122 Å². The van der Waals surface area contributed by atoms with Crippen LogP contribution in [-0.4, -0.2) is 49.2 Å². The van der Waals surface area contributed by atoms with Crippen LogP contribution in [0.1, 0.15) is 148 Å². The average Bonchev–Trinajstić information content (AvgIpc) is 1.25. The first kappa shape index (κ1) is 53.9. The Balaban J connectivity index is 0.964. The van der Waals surface area contributed by atoms with E-state index in [1.54, 1.807) is 0 Å². The van der Waals surface area contributed by atoms with Crippen molar-refractivity contribution < 1.29 is 37.9 Å². The molecule has 424 valence electrons. The van der Waals surface area contributed by atoms with Gasteiger partial charge in [0.15, 0.2) is 10.2 Å². The van der Waals surface area contributed by atoms with Crippen LogP contribution in [0.4, 0.5) is 0 Å². The van der Waals surface area contributed by atoms with E-state index in [2.05, 4.69) is 146 Å². The molecule has 5 aliphatic rings. The molecule has 5 heterocycles. The second-order valence-electron chi connectivity index (χ2n) is 22.2. The maximum atomic E-state index is 6.70.